The Bertz CT molecular complexity index is 1060. The largest absolute Gasteiger partial charge is 0.388 e. The molecule has 1 aliphatic rings. The van der Waals surface area contributed by atoms with E-state index in [9.17, 15) is 5.11 Å². The smallest absolute Gasteiger partial charge is 0.159 e. The lowest BCUT2D eigenvalue weighted by atomic mass is 9.88. The molecule has 1 aromatic carbocycles. The maximum absolute atomic E-state index is 11.4. The maximum Gasteiger partial charge on any atom is 0.159 e. The van der Waals surface area contributed by atoms with Crippen LogP contribution >= 0.6 is 0 Å². The van der Waals surface area contributed by atoms with Crippen molar-refractivity contribution in [2.24, 2.45) is 5.92 Å². The standard InChI is InChI=1S/C26H37N5O2/c1-18(2)31-26-23(16-28-31)22(25(32)20-8-12-33-13-9-20)15-24(29-26)21-7-5-6-19(14-21)17-30(4)11-10-27-3/h5-7,14-16,18,20,25,27,32H,8-13,17H2,1-4H3. The van der Waals surface area contributed by atoms with Gasteiger partial charge in [-0.15, -0.1) is 0 Å². The van der Waals surface area contributed by atoms with Gasteiger partial charge >= 0.3 is 0 Å². The van der Waals surface area contributed by atoms with Gasteiger partial charge in [0, 0.05) is 49.8 Å². The third-order valence-electron chi connectivity index (χ3n) is 6.54. The third-order valence-corrected chi connectivity index (χ3v) is 6.54. The average Bonchev–Trinajstić information content (AvgIpc) is 3.27. The molecule has 0 bridgehead atoms. The molecule has 1 atom stereocenters. The van der Waals surface area contributed by atoms with E-state index in [1.54, 1.807) is 0 Å². The summed E-state index contributed by atoms with van der Waals surface area (Å²) in [5.74, 6) is 0.187. The Balaban J connectivity index is 1.73. The van der Waals surface area contributed by atoms with Crippen LogP contribution in [0, 0.1) is 5.92 Å². The summed E-state index contributed by atoms with van der Waals surface area (Å²) in [5, 5.41) is 20.1. The highest BCUT2D eigenvalue weighted by Gasteiger charge is 2.27. The Morgan fingerprint density at radius 1 is 1.24 bits per heavy atom. The molecule has 1 aliphatic heterocycles. The second-order valence-corrected chi connectivity index (χ2v) is 9.45. The number of aromatic nitrogens is 3. The first-order valence-corrected chi connectivity index (χ1v) is 12.0. The summed E-state index contributed by atoms with van der Waals surface area (Å²) in [6, 6.07) is 10.8. The number of fused-ring (bicyclic) bond motifs is 1. The normalized spacial score (nSPS) is 16.2. The Morgan fingerprint density at radius 3 is 2.76 bits per heavy atom. The molecule has 2 N–H and O–H groups in total. The summed E-state index contributed by atoms with van der Waals surface area (Å²) in [4.78, 5) is 7.33. The van der Waals surface area contributed by atoms with Crippen LogP contribution in [-0.2, 0) is 11.3 Å². The zero-order valence-corrected chi connectivity index (χ0v) is 20.3. The summed E-state index contributed by atoms with van der Waals surface area (Å²) >= 11 is 0. The molecule has 0 aliphatic carbocycles. The minimum atomic E-state index is -0.557. The van der Waals surface area contributed by atoms with Crippen LogP contribution in [0.25, 0.3) is 22.3 Å². The number of benzene rings is 1. The van der Waals surface area contributed by atoms with Crippen LogP contribution in [0.1, 0.15) is 50.0 Å². The Labute approximate surface area is 196 Å². The van der Waals surface area contributed by atoms with Gasteiger partial charge in [-0.1, -0.05) is 18.2 Å². The Hall–Kier alpha value is -2.32. The van der Waals surface area contributed by atoms with Gasteiger partial charge in [-0.05, 0) is 70.0 Å². The zero-order valence-electron chi connectivity index (χ0n) is 20.3. The topological polar surface area (TPSA) is 75.4 Å². The van der Waals surface area contributed by atoms with Crippen LogP contribution in [0.15, 0.2) is 36.5 Å². The van der Waals surface area contributed by atoms with E-state index < -0.39 is 6.10 Å². The van der Waals surface area contributed by atoms with Crippen LogP contribution in [0.3, 0.4) is 0 Å². The molecule has 0 radical (unpaired) electrons. The van der Waals surface area contributed by atoms with Crippen molar-refractivity contribution in [1.82, 2.24) is 25.0 Å². The molecule has 1 fully saturated rings. The van der Waals surface area contributed by atoms with Crippen molar-refractivity contribution in [3.05, 3.63) is 47.7 Å². The Kier molecular flexibility index (Phi) is 7.75. The SMILES string of the molecule is CNCCN(C)Cc1cccc(-c2cc(C(O)C3CCOCC3)c3cnn(C(C)C)c3n2)c1. The molecule has 1 unspecified atom stereocenters. The van der Waals surface area contributed by atoms with Gasteiger partial charge in [0.15, 0.2) is 5.65 Å². The van der Waals surface area contributed by atoms with Crippen LogP contribution in [-0.4, -0.2) is 65.2 Å². The molecule has 3 heterocycles. The molecule has 7 heteroatoms. The van der Waals surface area contributed by atoms with E-state index in [0.29, 0.717) is 13.2 Å². The van der Waals surface area contributed by atoms with Gasteiger partial charge in [0.2, 0.25) is 0 Å². The predicted octanol–water partition coefficient (Wildman–Crippen LogP) is 3.79. The number of aliphatic hydroxyl groups excluding tert-OH is 1. The highest BCUT2D eigenvalue weighted by molar-refractivity contribution is 5.83. The molecule has 7 nitrogen and oxygen atoms in total. The van der Waals surface area contributed by atoms with Gasteiger partial charge in [-0.3, -0.25) is 0 Å². The van der Waals surface area contributed by atoms with E-state index >= 15 is 0 Å². The number of hydrogen-bond donors (Lipinski definition) is 2. The van der Waals surface area contributed by atoms with Crippen LogP contribution in [0.5, 0.6) is 0 Å². The number of pyridine rings is 1. The van der Waals surface area contributed by atoms with Crippen molar-refractivity contribution in [2.45, 2.75) is 45.4 Å². The van der Waals surface area contributed by atoms with E-state index in [2.05, 4.69) is 66.5 Å². The minimum Gasteiger partial charge on any atom is -0.388 e. The minimum absolute atomic E-state index is 0.186. The molecule has 178 valence electrons. The summed E-state index contributed by atoms with van der Waals surface area (Å²) in [7, 11) is 4.11. The summed E-state index contributed by atoms with van der Waals surface area (Å²) < 4.78 is 7.48. The highest BCUT2D eigenvalue weighted by Crippen LogP contribution is 2.36. The van der Waals surface area contributed by atoms with Crippen molar-refractivity contribution in [3.8, 4) is 11.3 Å². The highest BCUT2D eigenvalue weighted by atomic mass is 16.5. The second-order valence-electron chi connectivity index (χ2n) is 9.45. The van der Waals surface area contributed by atoms with E-state index in [0.717, 1.165) is 60.3 Å². The number of aliphatic hydroxyl groups is 1. The summed E-state index contributed by atoms with van der Waals surface area (Å²) in [6.07, 6.45) is 3.04. The number of hydrogen-bond acceptors (Lipinski definition) is 6. The molecular formula is C26H37N5O2. The summed E-state index contributed by atoms with van der Waals surface area (Å²) in [6.45, 7) is 8.45. The van der Waals surface area contributed by atoms with Crippen molar-refractivity contribution in [3.63, 3.8) is 0 Å². The molecule has 0 amide bonds. The van der Waals surface area contributed by atoms with Gasteiger partial charge in [0.05, 0.1) is 18.0 Å². The lowest BCUT2D eigenvalue weighted by Crippen LogP contribution is -2.26. The van der Waals surface area contributed by atoms with E-state index in [1.807, 2.05) is 17.9 Å². The molecule has 3 aromatic rings. The van der Waals surface area contributed by atoms with E-state index in [-0.39, 0.29) is 12.0 Å². The van der Waals surface area contributed by atoms with Crippen LogP contribution < -0.4 is 5.32 Å². The van der Waals surface area contributed by atoms with E-state index in [4.69, 9.17) is 9.72 Å². The average molecular weight is 452 g/mol. The van der Waals surface area contributed by atoms with Gasteiger partial charge in [-0.25, -0.2) is 9.67 Å². The molecule has 2 aromatic heterocycles. The molecule has 0 spiro atoms. The van der Waals surface area contributed by atoms with Crippen molar-refractivity contribution < 1.29 is 9.84 Å². The van der Waals surface area contributed by atoms with Crippen molar-refractivity contribution >= 4 is 11.0 Å². The lowest BCUT2D eigenvalue weighted by Gasteiger charge is -2.27. The maximum atomic E-state index is 11.4. The molecule has 33 heavy (non-hydrogen) atoms. The number of nitrogens with one attached hydrogen (secondary N) is 1. The van der Waals surface area contributed by atoms with Gasteiger partial charge in [0.25, 0.3) is 0 Å². The quantitative estimate of drug-likeness (QED) is 0.516. The van der Waals surface area contributed by atoms with Gasteiger partial charge in [0.1, 0.15) is 0 Å². The Morgan fingerprint density at radius 2 is 2.03 bits per heavy atom. The molecule has 4 rings (SSSR count). The second kappa shape index (κ2) is 10.7. The summed E-state index contributed by atoms with van der Waals surface area (Å²) in [5.41, 5.74) is 4.95. The zero-order chi connectivity index (χ0) is 23.4. The van der Waals surface area contributed by atoms with E-state index in [1.165, 1.54) is 5.56 Å². The van der Waals surface area contributed by atoms with Crippen LogP contribution in [0.4, 0.5) is 0 Å². The lowest BCUT2D eigenvalue weighted by molar-refractivity contribution is 0.00773. The van der Waals surface area contributed by atoms with Gasteiger partial charge in [-0.2, -0.15) is 5.10 Å². The fraction of sp³-hybridized carbons (Fsp3) is 0.538. The number of ether oxygens (including phenoxy) is 1. The molecular weight excluding hydrogens is 414 g/mol. The number of rotatable bonds is 9. The first-order valence-electron chi connectivity index (χ1n) is 12.0. The van der Waals surface area contributed by atoms with Crippen molar-refractivity contribution in [1.29, 1.82) is 0 Å². The molecule has 1 saturated heterocycles. The molecule has 0 saturated carbocycles. The number of likely N-dealkylation sites (N-methyl/N-ethyl adjacent to an activating group) is 2. The predicted molar refractivity (Wildman–Crippen MR) is 132 cm³/mol. The first kappa shape index (κ1) is 23.8. The van der Waals surface area contributed by atoms with Crippen molar-refractivity contribution in [2.75, 3.05) is 40.4 Å². The third kappa shape index (κ3) is 5.44. The fourth-order valence-corrected chi connectivity index (χ4v) is 4.62. The monoisotopic (exact) mass is 451 g/mol. The van der Waals surface area contributed by atoms with Gasteiger partial charge < -0.3 is 20.1 Å². The fourth-order valence-electron chi connectivity index (χ4n) is 4.62. The van der Waals surface area contributed by atoms with Crippen LogP contribution in [0.2, 0.25) is 0 Å². The number of nitrogens with zero attached hydrogens (tertiary/aromatic N) is 4. The first-order chi connectivity index (χ1) is 16.0.